The van der Waals surface area contributed by atoms with Gasteiger partial charge in [0, 0.05) is 6.04 Å². The van der Waals surface area contributed by atoms with Crippen molar-refractivity contribution in [1.82, 2.24) is 15.5 Å². The molecule has 1 heterocycles. The number of hydrogen-bond donors (Lipinski definition) is 5. The van der Waals surface area contributed by atoms with Gasteiger partial charge in [-0.05, 0) is 13.8 Å². The number of carbonyl (C=O) groups is 1. The molecular weight excluding hydrogens is 196 g/mol. The maximum absolute atomic E-state index is 11.3. The number of nitrogens with one attached hydrogen (secondary N) is 4. The minimum Gasteiger partial charge on any atom is -0.384 e. The van der Waals surface area contributed by atoms with E-state index in [1.54, 1.807) is 0 Å². The first-order valence-corrected chi connectivity index (χ1v) is 4.46. The Morgan fingerprint density at radius 2 is 2.33 bits per heavy atom. The van der Waals surface area contributed by atoms with Crippen LogP contribution in [0.1, 0.15) is 19.4 Å². The van der Waals surface area contributed by atoms with Crippen molar-refractivity contribution in [3.8, 4) is 0 Å². The maximum atomic E-state index is 11.3. The zero-order chi connectivity index (χ0) is 11.4. The minimum atomic E-state index is -0.364. The van der Waals surface area contributed by atoms with Crippen molar-refractivity contribution in [1.29, 1.82) is 5.41 Å². The van der Waals surface area contributed by atoms with Crippen LogP contribution in [0.25, 0.3) is 0 Å². The lowest BCUT2D eigenvalue weighted by Crippen LogP contribution is -2.34. The fourth-order valence-electron chi connectivity index (χ4n) is 0.997. The SMILES string of the molecule is CC(C)NC(=O)Nc1[nH]ncc1C(=N)N. The predicted molar refractivity (Wildman–Crippen MR) is 56.9 cm³/mol. The van der Waals surface area contributed by atoms with Gasteiger partial charge < -0.3 is 11.1 Å². The van der Waals surface area contributed by atoms with Crippen LogP contribution >= 0.6 is 0 Å². The van der Waals surface area contributed by atoms with Crippen molar-refractivity contribution in [2.75, 3.05) is 5.32 Å². The number of nitrogens with two attached hydrogens (primary N) is 1. The number of rotatable bonds is 3. The second kappa shape index (κ2) is 4.45. The highest BCUT2D eigenvalue weighted by molar-refractivity contribution is 6.02. The first kappa shape index (κ1) is 11.0. The van der Waals surface area contributed by atoms with Crippen LogP contribution in [-0.4, -0.2) is 28.1 Å². The van der Waals surface area contributed by atoms with Gasteiger partial charge in [-0.2, -0.15) is 5.10 Å². The zero-order valence-corrected chi connectivity index (χ0v) is 8.59. The molecule has 0 atom stereocenters. The van der Waals surface area contributed by atoms with E-state index in [1.165, 1.54) is 6.20 Å². The van der Waals surface area contributed by atoms with Crippen molar-refractivity contribution in [2.24, 2.45) is 5.73 Å². The quantitative estimate of drug-likeness (QED) is 0.362. The van der Waals surface area contributed by atoms with Crippen molar-refractivity contribution >= 4 is 17.7 Å². The second-order valence-corrected chi connectivity index (χ2v) is 3.33. The lowest BCUT2D eigenvalue weighted by molar-refractivity contribution is 0.250. The smallest absolute Gasteiger partial charge is 0.320 e. The first-order valence-electron chi connectivity index (χ1n) is 4.46. The van der Waals surface area contributed by atoms with Crippen molar-refractivity contribution in [2.45, 2.75) is 19.9 Å². The Labute approximate surface area is 86.9 Å². The highest BCUT2D eigenvalue weighted by Crippen LogP contribution is 2.09. The van der Waals surface area contributed by atoms with E-state index in [2.05, 4.69) is 20.8 Å². The molecule has 0 aliphatic rings. The third kappa shape index (κ3) is 2.97. The van der Waals surface area contributed by atoms with Crippen molar-refractivity contribution < 1.29 is 4.79 Å². The van der Waals surface area contributed by atoms with E-state index >= 15 is 0 Å². The Balaban J connectivity index is 2.68. The van der Waals surface area contributed by atoms with Gasteiger partial charge >= 0.3 is 6.03 Å². The van der Waals surface area contributed by atoms with Crippen molar-refractivity contribution in [3.63, 3.8) is 0 Å². The summed E-state index contributed by atoms with van der Waals surface area (Å²) in [7, 11) is 0. The highest BCUT2D eigenvalue weighted by Gasteiger charge is 2.10. The number of aromatic nitrogens is 2. The molecule has 15 heavy (non-hydrogen) atoms. The molecule has 0 unspecified atom stereocenters. The van der Waals surface area contributed by atoms with Crippen LogP contribution in [0.2, 0.25) is 0 Å². The normalized spacial score (nSPS) is 10.1. The summed E-state index contributed by atoms with van der Waals surface area (Å²) in [6.45, 7) is 3.69. The molecule has 7 heteroatoms. The first-order chi connectivity index (χ1) is 7.00. The summed E-state index contributed by atoms with van der Waals surface area (Å²) < 4.78 is 0. The van der Waals surface area contributed by atoms with Gasteiger partial charge in [-0.15, -0.1) is 0 Å². The molecule has 0 aliphatic heterocycles. The molecule has 82 valence electrons. The minimum absolute atomic E-state index is 0.0358. The molecule has 2 amide bonds. The zero-order valence-electron chi connectivity index (χ0n) is 8.59. The molecule has 1 aromatic rings. The third-order valence-corrected chi connectivity index (χ3v) is 1.59. The van der Waals surface area contributed by atoms with Crippen LogP contribution in [0.15, 0.2) is 6.20 Å². The monoisotopic (exact) mass is 210 g/mol. The molecule has 0 aromatic carbocycles. The lowest BCUT2D eigenvalue weighted by Gasteiger charge is -2.09. The number of amidine groups is 1. The average Bonchev–Trinajstić information content (AvgIpc) is 2.50. The molecule has 0 spiro atoms. The Bertz CT molecular complexity index is 369. The number of urea groups is 1. The molecule has 0 radical (unpaired) electrons. The third-order valence-electron chi connectivity index (χ3n) is 1.59. The van der Waals surface area contributed by atoms with Gasteiger partial charge in [0.15, 0.2) is 0 Å². The van der Waals surface area contributed by atoms with Crippen LogP contribution in [0.4, 0.5) is 10.6 Å². The van der Waals surface area contributed by atoms with E-state index < -0.39 is 0 Å². The second-order valence-electron chi connectivity index (χ2n) is 3.33. The van der Waals surface area contributed by atoms with E-state index in [0.29, 0.717) is 11.4 Å². The Morgan fingerprint density at radius 1 is 1.67 bits per heavy atom. The number of amides is 2. The Hall–Kier alpha value is -2.05. The largest absolute Gasteiger partial charge is 0.384 e. The van der Waals surface area contributed by atoms with E-state index in [4.69, 9.17) is 11.1 Å². The molecule has 6 N–H and O–H groups in total. The molecule has 1 rings (SSSR count). The standard InChI is InChI=1S/C8H14N6O/c1-4(2)12-8(15)13-7-5(6(9)10)3-11-14-7/h3-4H,1-2H3,(H3,9,10)(H3,11,12,13,14,15). The van der Waals surface area contributed by atoms with E-state index in [0.717, 1.165) is 0 Å². The molecule has 0 fully saturated rings. The molecule has 0 aliphatic carbocycles. The van der Waals surface area contributed by atoms with Gasteiger partial charge in [0.1, 0.15) is 11.7 Å². The summed E-state index contributed by atoms with van der Waals surface area (Å²) in [6.07, 6.45) is 1.38. The van der Waals surface area contributed by atoms with Gasteiger partial charge in [-0.3, -0.25) is 15.8 Å². The maximum Gasteiger partial charge on any atom is 0.320 e. The molecular formula is C8H14N6O. The number of hydrogen-bond acceptors (Lipinski definition) is 3. The molecule has 0 bridgehead atoms. The number of nitrogens with zero attached hydrogens (tertiary/aromatic N) is 1. The summed E-state index contributed by atoms with van der Waals surface area (Å²) in [5.41, 5.74) is 5.66. The van der Waals surface area contributed by atoms with Gasteiger partial charge in [0.2, 0.25) is 0 Å². The van der Waals surface area contributed by atoms with E-state index in [9.17, 15) is 4.79 Å². The van der Waals surface area contributed by atoms with Gasteiger partial charge in [-0.1, -0.05) is 0 Å². The topological polar surface area (TPSA) is 120 Å². The fourth-order valence-corrected chi connectivity index (χ4v) is 0.997. The number of carbonyl (C=O) groups excluding carboxylic acids is 1. The van der Waals surface area contributed by atoms with Crippen molar-refractivity contribution in [3.05, 3.63) is 11.8 Å². The van der Waals surface area contributed by atoms with Gasteiger partial charge in [0.05, 0.1) is 11.8 Å². The molecule has 1 aromatic heterocycles. The van der Waals surface area contributed by atoms with E-state index in [1.807, 2.05) is 13.8 Å². The predicted octanol–water partition coefficient (Wildman–Crippen LogP) is 0.224. The van der Waals surface area contributed by atoms with Gasteiger partial charge in [0.25, 0.3) is 0 Å². The molecule has 7 nitrogen and oxygen atoms in total. The average molecular weight is 210 g/mol. The fraction of sp³-hybridized carbons (Fsp3) is 0.375. The Morgan fingerprint density at radius 3 is 2.87 bits per heavy atom. The lowest BCUT2D eigenvalue weighted by atomic mass is 10.3. The van der Waals surface area contributed by atoms with Gasteiger partial charge in [-0.25, -0.2) is 4.79 Å². The summed E-state index contributed by atoms with van der Waals surface area (Å²) in [5.74, 6) is 0.171. The van der Waals surface area contributed by atoms with Crippen LogP contribution in [0.5, 0.6) is 0 Å². The van der Waals surface area contributed by atoms with Crippen LogP contribution in [0, 0.1) is 5.41 Å². The summed E-state index contributed by atoms with van der Waals surface area (Å²) >= 11 is 0. The molecule has 0 saturated carbocycles. The van der Waals surface area contributed by atoms with Crippen LogP contribution in [0.3, 0.4) is 0 Å². The van der Waals surface area contributed by atoms with Crippen LogP contribution < -0.4 is 16.4 Å². The summed E-state index contributed by atoms with van der Waals surface area (Å²) in [4.78, 5) is 11.3. The van der Waals surface area contributed by atoms with E-state index in [-0.39, 0.29) is 17.9 Å². The number of nitrogen functional groups attached to an aromatic ring is 1. The summed E-state index contributed by atoms with van der Waals surface area (Å²) in [6, 6.07) is -0.328. The number of aromatic amines is 1. The molecule has 0 saturated heterocycles. The Kier molecular flexibility index (Phi) is 3.27. The summed E-state index contributed by atoms with van der Waals surface area (Å²) in [5, 5.41) is 18.6. The van der Waals surface area contributed by atoms with Crippen LogP contribution in [-0.2, 0) is 0 Å². The number of H-pyrrole nitrogens is 1. The highest BCUT2D eigenvalue weighted by atomic mass is 16.2. The number of anilines is 1.